The standard InChI is InChI=1S/C18H20N2O2S/c1-12-7-8-14(9-13(12)2)20-18(23)19-10-15-11-21-16-5-3-4-6-17(16)22-15/h3-9,15H,10-11H2,1-2H3,(H2,19,20,23). The summed E-state index contributed by atoms with van der Waals surface area (Å²) in [6.07, 6.45) is -0.0654. The minimum atomic E-state index is -0.0654. The Morgan fingerprint density at radius 3 is 2.70 bits per heavy atom. The van der Waals surface area contributed by atoms with E-state index in [9.17, 15) is 0 Å². The second-order valence-corrected chi connectivity index (χ2v) is 6.04. The smallest absolute Gasteiger partial charge is 0.170 e. The Bertz CT molecular complexity index is 718. The first-order chi connectivity index (χ1) is 11.1. The van der Waals surface area contributed by atoms with Gasteiger partial charge in [-0.3, -0.25) is 0 Å². The van der Waals surface area contributed by atoms with E-state index < -0.39 is 0 Å². The van der Waals surface area contributed by atoms with Crippen molar-refractivity contribution in [2.24, 2.45) is 0 Å². The highest BCUT2D eigenvalue weighted by Gasteiger charge is 2.20. The maximum Gasteiger partial charge on any atom is 0.170 e. The molecule has 0 bridgehead atoms. The molecule has 0 spiro atoms. The number of rotatable bonds is 3. The summed E-state index contributed by atoms with van der Waals surface area (Å²) in [6, 6.07) is 13.9. The Morgan fingerprint density at radius 1 is 1.13 bits per heavy atom. The van der Waals surface area contributed by atoms with Crippen molar-refractivity contribution in [2.75, 3.05) is 18.5 Å². The Balaban J connectivity index is 1.51. The largest absolute Gasteiger partial charge is 0.486 e. The molecule has 1 heterocycles. The minimum Gasteiger partial charge on any atom is -0.486 e. The van der Waals surface area contributed by atoms with E-state index in [1.807, 2.05) is 30.3 Å². The van der Waals surface area contributed by atoms with E-state index >= 15 is 0 Å². The van der Waals surface area contributed by atoms with Gasteiger partial charge in [0.15, 0.2) is 16.6 Å². The van der Waals surface area contributed by atoms with Gasteiger partial charge in [-0.2, -0.15) is 0 Å². The van der Waals surface area contributed by atoms with Crippen molar-refractivity contribution in [1.82, 2.24) is 5.32 Å². The third-order valence-electron chi connectivity index (χ3n) is 3.82. The van der Waals surface area contributed by atoms with Crippen molar-refractivity contribution >= 4 is 23.0 Å². The second kappa shape index (κ2) is 6.87. The van der Waals surface area contributed by atoms with Crippen LogP contribution in [0.15, 0.2) is 42.5 Å². The van der Waals surface area contributed by atoms with E-state index in [0.717, 1.165) is 17.2 Å². The number of hydrogen-bond acceptors (Lipinski definition) is 3. The molecule has 1 aliphatic heterocycles. The van der Waals surface area contributed by atoms with Gasteiger partial charge in [-0.05, 0) is 61.5 Å². The van der Waals surface area contributed by atoms with E-state index in [1.54, 1.807) is 0 Å². The average Bonchev–Trinajstić information content (AvgIpc) is 2.56. The zero-order valence-corrected chi connectivity index (χ0v) is 14.1. The summed E-state index contributed by atoms with van der Waals surface area (Å²) in [4.78, 5) is 0. The lowest BCUT2D eigenvalue weighted by molar-refractivity contribution is 0.0939. The van der Waals surface area contributed by atoms with Crippen molar-refractivity contribution in [3.8, 4) is 11.5 Å². The molecule has 4 nitrogen and oxygen atoms in total. The molecule has 2 aromatic carbocycles. The molecule has 2 aromatic rings. The summed E-state index contributed by atoms with van der Waals surface area (Å²) in [7, 11) is 0. The van der Waals surface area contributed by atoms with Crippen LogP contribution in [0.5, 0.6) is 11.5 Å². The van der Waals surface area contributed by atoms with Crippen LogP contribution < -0.4 is 20.1 Å². The number of para-hydroxylation sites is 2. The van der Waals surface area contributed by atoms with Crippen molar-refractivity contribution in [1.29, 1.82) is 0 Å². The monoisotopic (exact) mass is 328 g/mol. The zero-order chi connectivity index (χ0) is 16.2. The lowest BCUT2D eigenvalue weighted by Crippen LogP contribution is -2.42. The molecule has 2 N–H and O–H groups in total. The molecular weight excluding hydrogens is 308 g/mol. The second-order valence-electron chi connectivity index (χ2n) is 5.63. The number of fused-ring (bicyclic) bond motifs is 1. The number of benzene rings is 2. The van der Waals surface area contributed by atoms with E-state index in [-0.39, 0.29) is 6.10 Å². The molecule has 0 fully saturated rings. The summed E-state index contributed by atoms with van der Waals surface area (Å²) in [5.41, 5.74) is 3.48. The summed E-state index contributed by atoms with van der Waals surface area (Å²) >= 11 is 5.34. The van der Waals surface area contributed by atoms with Gasteiger partial charge in [-0.25, -0.2) is 0 Å². The molecule has 1 unspecified atom stereocenters. The molecule has 23 heavy (non-hydrogen) atoms. The van der Waals surface area contributed by atoms with Gasteiger partial charge in [0.2, 0.25) is 0 Å². The maximum atomic E-state index is 5.89. The van der Waals surface area contributed by atoms with Gasteiger partial charge in [0, 0.05) is 5.69 Å². The first kappa shape index (κ1) is 15.6. The van der Waals surface area contributed by atoms with Gasteiger partial charge in [0.25, 0.3) is 0 Å². The van der Waals surface area contributed by atoms with Gasteiger partial charge < -0.3 is 20.1 Å². The molecule has 0 saturated heterocycles. The van der Waals surface area contributed by atoms with E-state index in [2.05, 4.69) is 36.6 Å². The van der Waals surface area contributed by atoms with Crippen LogP contribution in [0.2, 0.25) is 0 Å². The fraction of sp³-hybridized carbons (Fsp3) is 0.278. The van der Waals surface area contributed by atoms with E-state index in [4.69, 9.17) is 21.7 Å². The van der Waals surface area contributed by atoms with Gasteiger partial charge >= 0.3 is 0 Å². The summed E-state index contributed by atoms with van der Waals surface area (Å²) < 4.78 is 11.6. The van der Waals surface area contributed by atoms with Crippen LogP contribution in [0, 0.1) is 13.8 Å². The number of aryl methyl sites for hydroxylation is 2. The average molecular weight is 328 g/mol. The third kappa shape index (κ3) is 3.93. The molecule has 120 valence electrons. The SMILES string of the molecule is Cc1ccc(NC(=S)NCC2COc3ccccc3O2)cc1C. The normalized spacial score (nSPS) is 15.8. The number of hydrogen-bond donors (Lipinski definition) is 2. The highest BCUT2D eigenvalue weighted by atomic mass is 32.1. The van der Waals surface area contributed by atoms with Crippen LogP contribution in [0.1, 0.15) is 11.1 Å². The number of ether oxygens (including phenoxy) is 2. The number of nitrogens with one attached hydrogen (secondary N) is 2. The van der Waals surface area contributed by atoms with Crippen LogP contribution >= 0.6 is 12.2 Å². The first-order valence-corrected chi connectivity index (χ1v) is 8.03. The first-order valence-electron chi connectivity index (χ1n) is 7.62. The van der Waals surface area contributed by atoms with Gasteiger partial charge in [-0.1, -0.05) is 18.2 Å². The quantitative estimate of drug-likeness (QED) is 0.845. The van der Waals surface area contributed by atoms with Crippen molar-refractivity contribution in [2.45, 2.75) is 20.0 Å². The Morgan fingerprint density at radius 2 is 1.91 bits per heavy atom. The molecular formula is C18H20N2O2S. The lowest BCUT2D eigenvalue weighted by atomic mass is 10.1. The van der Waals surface area contributed by atoms with Crippen molar-refractivity contribution < 1.29 is 9.47 Å². The molecule has 0 amide bonds. The van der Waals surface area contributed by atoms with Crippen molar-refractivity contribution in [3.05, 3.63) is 53.6 Å². The highest BCUT2D eigenvalue weighted by molar-refractivity contribution is 7.80. The van der Waals surface area contributed by atoms with E-state index in [0.29, 0.717) is 18.3 Å². The van der Waals surface area contributed by atoms with Crippen LogP contribution in [0.25, 0.3) is 0 Å². The topological polar surface area (TPSA) is 42.5 Å². The minimum absolute atomic E-state index is 0.0654. The molecule has 5 heteroatoms. The summed E-state index contributed by atoms with van der Waals surface area (Å²) in [6.45, 7) is 5.27. The number of anilines is 1. The van der Waals surface area contributed by atoms with E-state index in [1.165, 1.54) is 11.1 Å². The fourth-order valence-electron chi connectivity index (χ4n) is 2.36. The van der Waals surface area contributed by atoms with Crippen LogP contribution in [0.3, 0.4) is 0 Å². The maximum absolute atomic E-state index is 5.89. The van der Waals surface area contributed by atoms with Gasteiger partial charge in [0.05, 0.1) is 6.54 Å². The summed E-state index contributed by atoms with van der Waals surface area (Å²) in [5, 5.41) is 6.95. The van der Waals surface area contributed by atoms with Crippen LogP contribution in [-0.4, -0.2) is 24.4 Å². The van der Waals surface area contributed by atoms with Gasteiger partial charge in [0.1, 0.15) is 12.7 Å². The van der Waals surface area contributed by atoms with Crippen LogP contribution in [0.4, 0.5) is 5.69 Å². The molecule has 0 aromatic heterocycles. The number of thiocarbonyl (C=S) groups is 1. The van der Waals surface area contributed by atoms with Crippen molar-refractivity contribution in [3.63, 3.8) is 0 Å². The predicted molar refractivity (Wildman–Crippen MR) is 96.5 cm³/mol. The Labute approximate surface area is 141 Å². The molecule has 1 atom stereocenters. The molecule has 1 aliphatic rings. The highest BCUT2D eigenvalue weighted by Crippen LogP contribution is 2.30. The molecule has 0 radical (unpaired) electrons. The zero-order valence-electron chi connectivity index (χ0n) is 13.3. The molecule has 0 aliphatic carbocycles. The fourth-order valence-corrected chi connectivity index (χ4v) is 2.57. The predicted octanol–water partition coefficient (Wildman–Crippen LogP) is 3.43. The van der Waals surface area contributed by atoms with Gasteiger partial charge in [-0.15, -0.1) is 0 Å². The third-order valence-corrected chi connectivity index (χ3v) is 4.07. The Hall–Kier alpha value is -2.27. The van der Waals surface area contributed by atoms with Crippen LogP contribution in [-0.2, 0) is 0 Å². The lowest BCUT2D eigenvalue weighted by Gasteiger charge is -2.27. The summed E-state index contributed by atoms with van der Waals surface area (Å²) in [5.74, 6) is 1.57. The molecule has 3 rings (SSSR count). The molecule has 0 saturated carbocycles. The Kier molecular flexibility index (Phi) is 4.67.